The van der Waals surface area contributed by atoms with Crippen LogP contribution in [0.4, 0.5) is 8.78 Å². The van der Waals surface area contributed by atoms with E-state index in [1.165, 1.54) is 12.1 Å². The summed E-state index contributed by atoms with van der Waals surface area (Å²) in [4.78, 5) is 0. The van der Waals surface area contributed by atoms with E-state index >= 15 is 0 Å². The summed E-state index contributed by atoms with van der Waals surface area (Å²) in [5.41, 5.74) is 0.582. The highest BCUT2D eigenvalue weighted by atomic mass is 19.1. The molecule has 0 spiro atoms. The van der Waals surface area contributed by atoms with Crippen molar-refractivity contribution in [3.63, 3.8) is 0 Å². The number of benzene rings is 1. The second-order valence-corrected chi connectivity index (χ2v) is 4.26. The van der Waals surface area contributed by atoms with E-state index in [1.807, 2.05) is 6.92 Å². The molecule has 0 saturated heterocycles. The summed E-state index contributed by atoms with van der Waals surface area (Å²) in [5, 5.41) is 3.30. The molecule has 1 aromatic rings. The summed E-state index contributed by atoms with van der Waals surface area (Å²) in [7, 11) is 0. The maximum absolute atomic E-state index is 13.4. The molecule has 0 heterocycles. The smallest absolute Gasteiger partial charge is 0.129 e. The van der Waals surface area contributed by atoms with Crippen LogP contribution in [0.2, 0.25) is 0 Å². The lowest BCUT2D eigenvalue weighted by Crippen LogP contribution is -2.33. The van der Waals surface area contributed by atoms with E-state index in [0.29, 0.717) is 23.9 Å². The SMILES string of the molecule is CCNC(C)C(C)Cc1ccc(F)cc1F. The maximum atomic E-state index is 13.4. The van der Waals surface area contributed by atoms with Crippen molar-refractivity contribution < 1.29 is 8.78 Å². The van der Waals surface area contributed by atoms with Gasteiger partial charge in [0.15, 0.2) is 0 Å². The second-order valence-electron chi connectivity index (χ2n) is 4.26. The van der Waals surface area contributed by atoms with Crippen molar-refractivity contribution in [2.75, 3.05) is 6.54 Å². The summed E-state index contributed by atoms with van der Waals surface area (Å²) in [6, 6.07) is 4.11. The van der Waals surface area contributed by atoms with Crippen LogP contribution in [0.1, 0.15) is 26.3 Å². The third kappa shape index (κ3) is 3.56. The highest BCUT2D eigenvalue weighted by Gasteiger charge is 2.14. The van der Waals surface area contributed by atoms with Gasteiger partial charge in [0, 0.05) is 12.1 Å². The van der Waals surface area contributed by atoms with Crippen LogP contribution in [0.5, 0.6) is 0 Å². The predicted octanol–water partition coefficient (Wildman–Crippen LogP) is 3.14. The molecule has 0 fully saturated rings. The molecule has 0 saturated carbocycles. The molecule has 1 rings (SSSR count). The standard InChI is InChI=1S/C13H19F2N/c1-4-16-10(3)9(2)7-11-5-6-12(14)8-13(11)15/h5-6,8-10,16H,4,7H2,1-3H3. The minimum atomic E-state index is -0.520. The molecule has 2 atom stereocenters. The number of nitrogens with one attached hydrogen (secondary N) is 1. The largest absolute Gasteiger partial charge is 0.314 e. The molecule has 2 unspecified atom stereocenters. The average molecular weight is 227 g/mol. The van der Waals surface area contributed by atoms with Crippen LogP contribution >= 0.6 is 0 Å². The van der Waals surface area contributed by atoms with Crippen molar-refractivity contribution in [1.29, 1.82) is 0 Å². The Morgan fingerprint density at radius 3 is 2.50 bits per heavy atom. The molecular formula is C13H19F2N. The van der Waals surface area contributed by atoms with Gasteiger partial charge in [-0.2, -0.15) is 0 Å². The van der Waals surface area contributed by atoms with Crippen LogP contribution in [0, 0.1) is 17.6 Å². The fraction of sp³-hybridized carbons (Fsp3) is 0.538. The predicted molar refractivity (Wildman–Crippen MR) is 62.4 cm³/mol. The average Bonchev–Trinajstić information content (AvgIpc) is 2.22. The Hall–Kier alpha value is -0.960. The fourth-order valence-electron chi connectivity index (χ4n) is 1.73. The Morgan fingerprint density at radius 1 is 1.25 bits per heavy atom. The molecule has 16 heavy (non-hydrogen) atoms. The van der Waals surface area contributed by atoms with Gasteiger partial charge in [-0.15, -0.1) is 0 Å². The fourth-order valence-corrected chi connectivity index (χ4v) is 1.73. The maximum Gasteiger partial charge on any atom is 0.129 e. The molecule has 0 aromatic heterocycles. The zero-order chi connectivity index (χ0) is 12.1. The van der Waals surface area contributed by atoms with Gasteiger partial charge in [0.2, 0.25) is 0 Å². The van der Waals surface area contributed by atoms with E-state index in [2.05, 4.69) is 19.2 Å². The number of rotatable bonds is 5. The molecule has 0 amide bonds. The van der Waals surface area contributed by atoms with E-state index in [1.54, 1.807) is 0 Å². The first-order chi connectivity index (χ1) is 7.54. The van der Waals surface area contributed by atoms with E-state index in [-0.39, 0.29) is 0 Å². The van der Waals surface area contributed by atoms with Crippen molar-refractivity contribution >= 4 is 0 Å². The van der Waals surface area contributed by atoms with Crippen LogP contribution in [0.15, 0.2) is 18.2 Å². The second kappa shape index (κ2) is 5.94. The van der Waals surface area contributed by atoms with Crippen molar-refractivity contribution in [3.8, 4) is 0 Å². The van der Waals surface area contributed by atoms with Gasteiger partial charge in [0.1, 0.15) is 11.6 Å². The molecule has 1 N–H and O–H groups in total. The third-order valence-corrected chi connectivity index (χ3v) is 2.94. The summed E-state index contributed by atoms with van der Waals surface area (Å²) < 4.78 is 26.1. The normalized spacial score (nSPS) is 14.8. The minimum absolute atomic E-state index is 0.319. The Morgan fingerprint density at radius 2 is 1.94 bits per heavy atom. The summed E-state index contributed by atoms with van der Waals surface area (Å²) in [6.07, 6.45) is 0.625. The lowest BCUT2D eigenvalue weighted by Gasteiger charge is -2.20. The first-order valence-corrected chi connectivity index (χ1v) is 5.72. The quantitative estimate of drug-likeness (QED) is 0.814. The first kappa shape index (κ1) is 13.1. The van der Waals surface area contributed by atoms with Crippen molar-refractivity contribution in [2.24, 2.45) is 5.92 Å². The Bertz CT molecular complexity index is 339. The van der Waals surface area contributed by atoms with Crippen molar-refractivity contribution in [1.82, 2.24) is 5.32 Å². The van der Waals surface area contributed by atoms with Crippen LogP contribution in [0.3, 0.4) is 0 Å². The van der Waals surface area contributed by atoms with Gasteiger partial charge >= 0.3 is 0 Å². The summed E-state index contributed by atoms with van der Waals surface area (Å²) in [6.45, 7) is 7.09. The molecule has 90 valence electrons. The molecule has 0 radical (unpaired) electrons. The molecule has 1 nitrogen and oxygen atoms in total. The van der Waals surface area contributed by atoms with Gasteiger partial charge < -0.3 is 5.32 Å². The Labute approximate surface area is 95.9 Å². The van der Waals surface area contributed by atoms with Crippen molar-refractivity contribution in [3.05, 3.63) is 35.4 Å². The van der Waals surface area contributed by atoms with Crippen LogP contribution in [-0.4, -0.2) is 12.6 Å². The topological polar surface area (TPSA) is 12.0 Å². The molecule has 0 aliphatic carbocycles. The molecule has 0 aliphatic heterocycles. The van der Waals surface area contributed by atoms with Crippen molar-refractivity contribution in [2.45, 2.75) is 33.2 Å². The lowest BCUT2D eigenvalue weighted by molar-refractivity contribution is 0.400. The van der Waals surface area contributed by atoms with Crippen LogP contribution in [0.25, 0.3) is 0 Å². The molecule has 1 aromatic carbocycles. The highest BCUT2D eigenvalue weighted by molar-refractivity contribution is 5.19. The monoisotopic (exact) mass is 227 g/mol. The van der Waals surface area contributed by atoms with Gasteiger partial charge in [-0.25, -0.2) is 8.78 Å². The molecule has 3 heteroatoms. The van der Waals surface area contributed by atoms with Gasteiger partial charge in [-0.1, -0.05) is 19.9 Å². The van der Waals surface area contributed by atoms with Crippen LogP contribution in [-0.2, 0) is 6.42 Å². The van der Waals surface area contributed by atoms with E-state index in [9.17, 15) is 8.78 Å². The Kier molecular flexibility index (Phi) is 4.87. The third-order valence-electron chi connectivity index (χ3n) is 2.94. The van der Waals surface area contributed by atoms with E-state index < -0.39 is 11.6 Å². The zero-order valence-corrected chi connectivity index (χ0v) is 10.1. The van der Waals surface area contributed by atoms with E-state index in [4.69, 9.17) is 0 Å². The van der Waals surface area contributed by atoms with E-state index in [0.717, 1.165) is 12.6 Å². The highest BCUT2D eigenvalue weighted by Crippen LogP contribution is 2.16. The molecular weight excluding hydrogens is 208 g/mol. The summed E-state index contributed by atoms with van der Waals surface area (Å²) >= 11 is 0. The van der Waals surface area contributed by atoms with Crippen LogP contribution < -0.4 is 5.32 Å². The first-order valence-electron chi connectivity index (χ1n) is 5.72. The molecule has 0 aliphatic rings. The number of hydrogen-bond donors (Lipinski definition) is 1. The molecule has 0 bridgehead atoms. The van der Waals surface area contributed by atoms with Gasteiger partial charge in [0.05, 0.1) is 0 Å². The summed E-state index contributed by atoms with van der Waals surface area (Å²) in [5.74, 6) is -0.649. The van der Waals surface area contributed by atoms with Gasteiger partial charge in [-0.3, -0.25) is 0 Å². The minimum Gasteiger partial charge on any atom is -0.314 e. The van der Waals surface area contributed by atoms with Gasteiger partial charge in [0.25, 0.3) is 0 Å². The Balaban J connectivity index is 2.65. The lowest BCUT2D eigenvalue weighted by atomic mass is 9.94. The number of halogens is 2. The van der Waals surface area contributed by atoms with Gasteiger partial charge in [-0.05, 0) is 37.4 Å². The number of hydrogen-bond acceptors (Lipinski definition) is 1. The zero-order valence-electron chi connectivity index (χ0n) is 10.1.